The minimum absolute atomic E-state index is 0.0591. The maximum atomic E-state index is 12.9. The van der Waals surface area contributed by atoms with Crippen LogP contribution < -0.4 is 10.5 Å². The summed E-state index contributed by atoms with van der Waals surface area (Å²) in [6.07, 6.45) is 9.94. The largest absolute Gasteiger partial charge is 0.379 e. The van der Waals surface area contributed by atoms with Gasteiger partial charge in [-0.3, -0.25) is 14.8 Å². The fourth-order valence-corrected chi connectivity index (χ4v) is 4.48. The molecule has 5 rings (SSSR count). The molecule has 0 spiro atoms. The Labute approximate surface area is 164 Å². The summed E-state index contributed by atoms with van der Waals surface area (Å²) < 4.78 is 7.33. The molecule has 2 aliphatic heterocycles. The van der Waals surface area contributed by atoms with Gasteiger partial charge in [-0.2, -0.15) is 5.10 Å². The van der Waals surface area contributed by atoms with Gasteiger partial charge in [-0.25, -0.2) is 4.98 Å². The van der Waals surface area contributed by atoms with E-state index >= 15 is 0 Å². The molecular weight excluding hydrogens is 356 g/mol. The number of piperidine rings is 1. The number of ether oxygens (including phenoxy) is 1. The summed E-state index contributed by atoms with van der Waals surface area (Å²) in [6, 6.07) is 0.377. The Kier molecular flexibility index (Phi) is 4.90. The van der Waals surface area contributed by atoms with Gasteiger partial charge in [0.25, 0.3) is 5.56 Å². The third kappa shape index (κ3) is 3.58. The summed E-state index contributed by atoms with van der Waals surface area (Å²) in [6.45, 7) is 6.15. The molecule has 0 radical (unpaired) electrons. The molecule has 1 atom stereocenters. The molecule has 28 heavy (non-hydrogen) atoms. The fraction of sp³-hybridized carbons (Fsp3) is 0.650. The number of morpholine rings is 1. The molecule has 8 nitrogen and oxygen atoms in total. The number of nitrogens with zero attached hydrogens (tertiary/aromatic N) is 5. The maximum Gasteiger partial charge on any atom is 0.293 e. The molecule has 2 aromatic rings. The van der Waals surface area contributed by atoms with Crippen LogP contribution in [0, 0.1) is 0 Å². The van der Waals surface area contributed by atoms with Gasteiger partial charge in [-0.1, -0.05) is 0 Å². The van der Waals surface area contributed by atoms with Crippen molar-refractivity contribution >= 4 is 5.82 Å². The average molecular weight is 384 g/mol. The van der Waals surface area contributed by atoms with Crippen LogP contribution >= 0.6 is 0 Å². The van der Waals surface area contributed by atoms with E-state index in [2.05, 4.69) is 25.0 Å². The van der Waals surface area contributed by atoms with Gasteiger partial charge in [0.05, 0.1) is 19.4 Å². The zero-order valence-corrected chi connectivity index (χ0v) is 16.2. The van der Waals surface area contributed by atoms with E-state index in [9.17, 15) is 4.79 Å². The molecule has 3 fully saturated rings. The van der Waals surface area contributed by atoms with E-state index in [1.165, 1.54) is 11.3 Å². The summed E-state index contributed by atoms with van der Waals surface area (Å²) >= 11 is 0. The number of rotatable bonds is 5. The maximum absolute atomic E-state index is 12.9. The Morgan fingerprint density at radius 3 is 2.86 bits per heavy atom. The van der Waals surface area contributed by atoms with Gasteiger partial charge in [0, 0.05) is 68.3 Å². The Balaban J connectivity index is 1.33. The van der Waals surface area contributed by atoms with Crippen molar-refractivity contribution in [2.45, 2.75) is 44.2 Å². The van der Waals surface area contributed by atoms with Gasteiger partial charge in [0.2, 0.25) is 0 Å². The Bertz CT molecular complexity index is 868. The number of hydrogen-bond donors (Lipinski definition) is 1. The predicted octanol–water partition coefficient (Wildman–Crippen LogP) is 1.52. The topological polar surface area (TPSA) is 79.3 Å². The van der Waals surface area contributed by atoms with Crippen molar-refractivity contribution in [3.63, 3.8) is 0 Å². The van der Waals surface area contributed by atoms with E-state index in [0.29, 0.717) is 17.8 Å². The molecule has 4 heterocycles. The van der Waals surface area contributed by atoms with Crippen LogP contribution in [-0.2, 0) is 11.3 Å². The fourth-order valence-electron chi connectivity index (χ4n) is 4.48. The number of anilines is 1. The van der Waals surface area contributed by atoms with E-state index < -0.39 is 0 Å². The number of hydrogen-bond acceptors (Lipinski definition) is 6. The minimum atomic E-state index is 0.0591. The second-order valence-corrected chi connectivity index (χ2v) is 8.18. The third-order valence-electron chi connectivity index (χ3n) is 6.17. The molecule has 150 valence electrons. The minimum Gasteiger partial charge on any atom is -0.379 e. The zero-order chi connectivity index (χ0) is 18.9. The molecule has 0 aromatic carbocycles. The first-order chi connectivity index (χ1) is 13.8. The van der Waals surface area contributed by atoms with Gasteiger partial charge < -0.3 is 14.2 Å². The van der Waals surface area contributed by atoms with Crippen molar-refractivity contribution in [2.75, 3.05) is 44.3 Å². The van der Waals surface area contributed by atoms with E-state index in [4.69, 9.17) is 4.74 Å². The Morgan fingerprint density at radius 1 is 1.18 bits per heavy atom. The van der Waals surface area contributed by atoms with Gasteiger partial charge >= 0.3 is 0 Å². The van der Waals surface area contributed by atoms with Gasteiger partial charge in [-0.15, -0.1) is 0 Å². The molecule has 3 aliphatic rings. The molecule has 0 unspecified atom stereocenters. The van der Waals surface area contributed by atoms with Crippen molar-refractivity contribution in [3.8, 4) is 0 Å². The lowest BCUT2D eigenvalue weighted by molar-refractivity contribution is 0.0340. The molecule has 1 saturated carbocycles. The first-order valence-electron chi connectivity index (χ1n) is 10.4. The molecule has 0 amide bonds. The smallest absolute Gasteiger partial charge is 0.293 e. The summed E-state index contributed by atoms with van der Waals surface area (Å²) in [4.78, 5) is 21.9. The van der Waals surface area contributed by atoms with Crippen LogP contribution in [0.3, 0.4) is 0 Å². The monoisotopic (exact) mass is 384 g/mol. The molecule has 1 aliphatic carbocycles. The molecule has 0 bridgehead atoms. The SMILES string of the molecule is O=c1c(N2CCC[C@@H](c3[nH]ncc3CN3CCOCC3)C2)nccn1C1CC1. The highest BCUT2D eigenvalue weighted by atomic mass is 16.5. The normalized spacial score (nSPS) is 23.9. The first kappa shape index (κ1) is 17.9. The third-order valence-corrected chi connectivity index (χ3v) is 6.17. The van der Waals surface area contributed by atoms with E-state index in [1.807, 2.05) is 17.0 Å². The van der Waals surface area contributed by atoms with Gasteiger partial charge in [-0.05, 0) is 25.7 Å². The van der Waals surface area contributed by atoms with E-state index in [0.717, 1.165) is 71.6 Å². The van der Waals surface area contributed by atoms with Crippen LogP contribution in [0.15, 0.2) is 23.4 Å². The summed E-state index contributed by atoms with van der Waals surface area (Å²) in [5, 5.41) is 7.59. The van der Waals surface area contributed by atoms with Gasteiger partial charge in [0.15, 0.2) is 5.82 Å². The van der Waals surface area contributed by atoms with Crippen molar-refractivity contribution in [3.05, 3.63) is 40.2 Å². The molecule has 2 saturated heterocycles. The Hall–Kier alpha value is -2.19. The summed E-state index contributed by atoms with van der Waals surface area (Å²) in [5.41, 5.74) is 2.55. The van der Waals surface area contributed by atoms with Crippen LogP contribution in [0.2, 0.25) is 0 Å². The van der Waals surface area contributed by atoms with Crippen molar-refractivity contribution in [2.24, 2.45) is 0 Å². The highest BCUT2D eigenvalue weighted by Crippen LogP contribution is 2.34. The first-order valence-corrected chi connectivity index (χ1v) is 10.4. The van der Waals surface area contributed by atoms with Crippen molar-refractivity contribution < 1.29 is 4.74 Å². The van der Waals surface area contributed by atoms with Crippen LogP contribution in [0.25, 0.3) is 0 Å². The number of H-pyrrole nitrogens is 1. The zero-order valence-electron chi connectivity index (χ0n) is 16.2. The highest BCUT2D eigenvalue weighted by molar-refractivity contribution is 5.38. The van der Waals surface area contributed by atoms with Crippen LogP contribution in [0.1, 0.15) is 48.9 Å². The van der Waals surface area contributed by atoms with Crippen molar-refractivity contribution in [1.82, 2.24) is 24.6 Å². The molecule has 1 N–H and O–H groups in total. The number of nitrogens with one attached hydrogen (secondary N) is 1. The van der Waals surface area contributed by atoms with E-state index in [1.54, 1.807) is 6.20 Å². The number of aromatic amines is 1. The quantitative estimate of drug-likeness (QED) is 0.842. The average Bonchev–Trinajstić information content (AvgIpc) is 3.47. The second kappa shape index (κ2) is 7.67. The Morgan fingerprint density at radius 2 is 2.04 bits per heavy atom. The lowest BCUT2D eigenvalue weighted by Crippen LogP contribution is -2.40. The lowest BCUT2D eigenvalue weighted by Gasteiger charge is -2.33. The standard InChI is InChI=1S/C20H28N6O2/c27-20-19(21-5-7-26(20)17-3-4-17)25-6-1-2-15(14-25)18-16(12-22-23-18)13-24-8-10-28-11-9-24/h5,7,12,15,17H,1-4,6,8-11,13-14H2,(H,22,23)/t15-/m1/s1. The summed E-state index contributed by atoms with van der Waals surface area (Å²) in [5.74, 6) is 0.955. The van der Waals surface area contributed by atoms with Crippen LogP contribution in [0.5, 0.6) is 0 Å². The van der Waals surface area contributed by atoms with E-state index in [-0.39, 0.29) is 5.56 Å². The molecule has 8 heteroatoms. The molecule has 2 aromatic heterocycles. The highest BCUT2D eigenvalue weighted by Gasteiger charge is 2.30. The predicted molar refractivity (Wildman–Crippen MR) is 106 cm³/mol. The van der Waals surface area contributed by atoms with Crippen LogP contribution in [0.4, 0.5) is 5.82 Å². The number of aromatic nitrogens is 4. The lowest BCUT2D eigenvalue weighted by atomic mass is 9.92. The van der Waals surface area contributed by atoms with Gasteiger partial charge in [0.1, 0.15) is 0 Å². The van der Waals surface area contributed by atoms with Crippen molar-refractivity contribution in [1.29, 1.82) is 0 Å². The second-order valence-electron chi connectivity index (χ2n) is 8.18. The summed E-state index contributed by atoms with van der Waals surface area (Å²) in [7, 11) is 0. The molecular formula is C20H28N6O2. The van der Waals surface area contributed by atoms with Crippen LogP contribution in [-0.4, -0.2) is 64.0 Å².